The van der Waals surface area contributed by atoms with Crippen molar-refractivity contribution in [1.29, 1.82) is 0 Å². The number of hydrogen-bond donors (Lipinski definition) is 2. The average Bonchev–Trinajstić information content (AvgIpc) is 3.19. The normalized spacial score (nSPS) is 9.60. The molecule has 9 heteroatoms. The van der Waals surface area contributed by atoms with Crippen molar-refractivity contribution in [2.75, 3.05) is 56.4 Å². The van der Waals surface area contributed by atoms with Gasteiger partial charge in [0, 0.05) is 0 Å². The van der Waals surface area contributed by atoms with Gasteiger partial charge in [-0.3, -0.25) is 30.4 Å². The molecule has 0 saturated heterocycles. The van der Waals surface area contributed by atoms with Crippen molar-refractivity contribution in [2.45, 2.75) is 0 Å². The van der Waals surface area contributed by atoms with Crippen molar-refractivity contribution in [1.82, 2.24) is 19.6 Å². The quantitative estimate of drug-likeness (QED) is 0.159. The van der Waals surface area contributed by atoms with Gasteiger partial charge < -0.3 is 10.2 Å². The molecule has 0 heterocycles. The second-order valence-corrected chi connectivity index (χ2v) is 13.1. The molecule has 0 bridgehead atoms. The zero-order valence-corrected chi connectivity index (χ0v) is 34.9. The Morgan fingerprint density at radius 1 is 0.327 bits per heavy atom. The van der Waals surface area contributed by atoms with Crippen LogP contribution in [-0.2, 0) is 0 Å². The van der Waals surface area contributed by atoms with Crippen molar-refractivity contribution in [2.24, 2.45) is 0 Å². The first-order chi connectivity index (χ1) is 25.8. The second kappa shape index (κ2) is 23.1. The van der Waals surface area contributed by atoms with Gasteiger partial charge in [-0.15, -0.1) is 0 Å². The van der Waals surface area contributed by atoms with Crippen LogP contribution < -0.4 is 21.0 Å². The molecule has 6 rings (SSSR count). The van der Waals surface area contributed by atoms with Gasteiger partial charge in [0.2, 0.25) is 0 Å². The van der Waals surface area contributed by atoms with Crippen LogP contribution in [0.4, 0.5) is 0 Å². The summed E-state index contributed by atoms with van der Waals surface area (Å²) in [6, 6.07) is 50.5. The Balaban J connectivity index is 0.000000273. The molecule has 0 unspecified atom stereocenters. The maximum absolute atomic E-state index is 12.6. The Hall–Kier alpha value is -5.77. The fourth-order valence-corrected chi connectivity index (χ4v) is 5.25. The van der Waals surface area contributed by atoms with E-state index in [9.17, 15) is 10.2 Å². The molecule has 0 aliphatic rings. The molecule has 6 aromatic rings. The Bertz CT molecular complexity index is 1740. The average molecular weight is 747 g/mol. The summed E-state index contributed by atoms with van der Waals surface area (Å²) in [4.78, 5) is 7.44. The fourth-order valence-electron chi connectivity index (χ4n) is 5.25. The number of para-hydroxylation sites is 2. The van der Waals surface area contributed by atoms with Gasteiger partial charge in [0.15, 0.2) is 0 Å². The number of guanidine groups is 2. The van der Waals surface area contributed by atoms with Gasteiger partial charge in [-0.2, -0.15) is 0 Å². The van der Waals surface area contributed by atoms with Gasteiger partial charge >= 0.3 is 35.0 Å². The molecule has 0 spiro atoms. The number of nitrogens with zero attached hydrogens (tertiary/aromatic N) is 4. The van der Waals surface area contributed by atoms with Crippen molar-refractivity contribution in [3.05, 3.63) is 158 Å². The van der Waals surface area contributed by atoms with Crippen molar-refractivity contribution < 1.29 is 21.0 Å². The number of nitrogens with two attached hydrogens (primary N) is 2. The van der Waals surface area contributed by atoms with Crippen LogP contribution in [0.1, 0.15) is 0 Å². The van der Waals surface area contributed by atoms with Gasteiger partial charge in [-0.25, -0.2) is 0 Å². The van der Waals surface area contributed by atoms with E-state index >= 15 is 0 Å². The monoisotopic (exact) mass is 746 g/mol. The van der Waals surface area contributed by atoms with Crippen molar-refractivity contribution in [3.8, 4) is 56.0 Å². The maximum Gasteiger partial charge on any atom is 2.00 e. The second-order valence-electron chi connectivity index (χ2n) is 13.1. The molecule has 4 N–H and O–H groups in total. The van der Waals surface area contributed by atoms with Crippen LogP contribution in [0, 0.1) is 0 Å². The van der Waals surface area contributed by atoms with Crippen LogP contribution in [0.3, 0.4) is 0 Å². The summed E-state index contributed by atoms with van der Waals surface area (Å²) in [5.74, 6) is 1.70. The first-order valence-corrected chi connectivity index (χ1v) is 17.6. The zero-order valence-electron chi connectivity index (χ0n) is 33.5. The summed E-state index contributed by atoms with van der Waals surface area (Å²) in [6.45, 7) is 0. The minimum atomic E-state index is 0. The van der Waals surface area contributed by atoms with Crippen LogP contribution in [0.25, 0.3) is 44.5 Å². The van der Waals surface area contributed by atoms with E-state index in [1.54, 1.807) is 0 Å². The van der Waals surface area contributed by atoms with Crippen LogP contribution in [0.5, 0.6) is 11.5 Å². The molecule has 0 fully saturated rings. The van der Waals surface area contributed by atoms with E-state index in [0.717, 1.165) is 56.4 Å². The number of hydrogen-bond acceptors (Lipinski definition) is 2. The Labute approximate surface area is 344 Å². The third kappa shape index (κ3) is 13.9. The van der Waals surface area contributed by atoms with Crippen LogP contribution in [0.2, 0.25) is 0 Å². The van der Waals surface area contributed by atoms with E-state index < -0.39 is 0 Å². The molecule has 8 nitrogen and oxygen atoms in total. The molecule has 0 amide bonds. The first kappa shape index (κ1) is 45.4. The maximum atomic E-state index is 12.6. The first-order valence-electron chi connectivity index (χ1n) is 17.6. The molecular weight excluding hydrogens is 693 g/mol. The summed E-state index contributed by atoms with van der Waals surface area (Å²) >= 11 is 0. The van der Waals surface area contributed by atoms with Gasteiger partial charge in [0.05, 0.1) is 56.4 Å². The summed E-state index contributed by atoms with van der Waals surface area (Å²) < 4.78 is 0. The number of rotatable bonds is 4. The summed E-state index contributed by atoms with van der Waals surface area (Å²) in [6.07, 6.45) is 0. The molecule has 0 radical (unpaired) electrons. The molecular formula is C46H54MgN6O2+2. The summed E-state index contributed by atoms with van der Waals surface area (Å²) in [5, 5.41) is 36.2. The predicted octanol–water partition coefficient (Wildman–Crippen LogP) is 4.26. The molecule has 6 aromatic carbocycles. The minimum absolute atomic E-state index is 0. The van der Waals surface area contributed by atoms with Crippen molar-refractivity contribution in [3.63, 3.8) is 0 Å². The Morgan fingerprint density at radius 2 is 0.509 bits per heavy atom. The third-order valence-electron chi connectivity index (χ3n) is 8.20. The molecule has 0 aromatic heterocycles. The van der Waals surface area contributed by atoms with Gasteiger partial charge in [-0.05, 0) is 44.5 Å². The topological polar surface area (TPSA) is 110 Å². The Kier molecular flexibility index (Phi) is 19.1. The largest absolute Gasteiger partial charge is 2.00 e. The molecule has 55 heavy (non-hydrogen) atoms. The van der Waals surface area contributed by atoms with Gasteiger partial charge in [0.25, 0.3) is 0 Å². The number of benzene rings is 6. The third-order valence-corrected chi connectivity index (χ3v) is 8.20. The van der Waals surface area contributed by atoms with Crippen LogP contribution >= 0.6 is 0 Å². The SMILES string of the molecule is CN(C)C(=[NH2+])N(C)C.CN(C)C(=[NH2+])N(C)C.[Mg+2].[O-]c1c(-c2ccccc2)cccc1-c1ccccc1.[O-]c1c(-c2ccccc2)cccc1-c1ccccc1. The molecule has 0 aliphatic heterocycles. The summed E-state index contributed by atoms with van der Waals surface area (Å²) in [5.41, 5.74) is 6.86. The van der Waals surface area contributed by atoms with Crippen molar-refractivity contribution >= 4 is 35.0 Å². The Morgan fingerprint density at radius 3 is 0.655 bits per heavy atom. The molecule has 0 saturated carbocycles. The molecule has 280 valence electrons. The van der Waals surface area contributed by atoms with E-state index in [2.05, 4.69) is 0 Å². The molecule has 0 aliphatic carbocycles. The van der Waals surface area contributed by atoms with E-state index in [1.165, 1.54) is 0 Å². The summed E-state index contributed by atoms with van der Waals surface area (Å²) in [7, 11) is 15.3. The fraction of sp³-hybridized carbons (Fsp3) is 0.174. The standard InChI is InChI=1S/2C18H14O.2C5H13N3.Mg/c2*19-18-16(14-8-3-1-4-9-14)12-7-13-17(18)15-10-5-2-6-11-15;2*1-7(2)5(6)8(3)4;/h2*1-13,19H;2*6H,1-4H3;/q;;;;+2. The van der Waals surface area contributed by atoms with Gasteiger partial charge in [0.1, 0.15) is 0 Å². The van der Waals surface area contributed by atoms with E-state index in [4.69, 9.17) is 10.8 Å². The van der Waals surface area contributed by atoms with E-state index in [1.807, 2.05) is 234 Å². The zero-order chi connectivity index (χ0) is 39.6. The van der Waals surface area contributed by atoms with Crippen LogP contribution in [-0.4, -0.2) is 111 Å². The van der Waals surface area contributed by atoms with Crippen LogP contribution in [0.15, 0.2) is 158 Å². The van der Waals surface area contributed by atoms with Gasteiger partial charge in [-0.1, -0.05) is 169 Å². The predicted molar refractivity (Wildman–Crippen MR) is 228 cm³/mol. The van der Waals surface area contributed by atoms with E-state index in [0.29, 0.717) is 0 Å². The van der Waals surface area contributed by atoms with E-state index in [-0.39, 0.29) is 34.6 Å². The smallest absolute Gasteiger partial charge is 0.872 e. The minimum Gasteiger partial charge on any atom is -0.872 e. The molecule has 0 atom stereocenters.